The van der Waals surface area contributed by atoms with Gasteiger partial charge in [-0.1, -0.05) is 5.22 Å². The zero-order valence-corrected chi connectivity index (χ0v) is 6.05. The molecule has 0 atom stereocenters. The fourth-order valence-electron chi connectivity index (χ4n) is 0.574. The smallest absolute Gasteiger partial charge is 0.133 e. The Labute approximate surface area is 54.9 Å². The van der Waals surface area contributed by atoms with E-state index in [-0.39, 0.29) is 5.54 Å². The third kappa shape index (κ3) is 1.38. The van der Waals surface area contributed by atoms with Crippen LogP contribution < -0.4 is 5.53 Å². The minimum absolute atomic E-state index is 0.115. The Kier molecular flexibility index (Phi) is 1.40. The lowest BCUT2D eigenvalue weighted by molar-refractivity contribution is 0.105. The van der Waals surface area contributed by atoms with Crippen LogP contribution in [0.15, 0.2) is 10.3 Å². The van der Waals surface area contributed by atoms with Crippen molar-refractivity contribution in [3.05, 3.63) is 0 Å². The van der Waals surface area contributed by atoms with E-state index in [4.69, 9.17) is 0 Å². The number of nitrogens with zero attached hydrogens (tertiary/aromatic N) is 3. The van der Waals surface area contributed by atoms with E-state index in [0.29, 0.717) is 6.67 Å². The molecule has 0 unspecified atom stereocenters. The Hall–Kier alpha value is -0.640. The number of hydrogen-bond donors (Lipinski definition) is 1. The van der Waals surface area contributed by atoms with Crippen molar-refractivity contribution in [2.24, 2.45) is 10.3 Å². The topological polar surface area (TPSA) is 40.0 Å². The molecular weight excluding hydrogens is 116 g/mol. The Morgan fingerprint density at radius 2 is 2.11 bits per heavy atom. The maximum atomic E-state index is 3.77. The molecule has 0 aromatic heterocycles. The van der Waals surface area contributed by atoms with Gasteiger partial charge in [0.05, 0.1) is 0 Å². The molecular formula is C5H12N4. The quantitative estimate of drug-likeness (QED) is 0.527. The van der Waals surface area contributed by atoms with Gasteiger partial charge in [0.15, 0.2) is 0 Å². The lowest BCUT2D eigenvalue weighted by atomic mass is 10.1. The maximum Gasteiger partial charge on any atom is 0.133 e. The van der Waals surface area contributed by atoms with E-state index in [1.54, 1.807) is 0 Å². The van der Waals surface area contributed by atoms with Crippen LogP contribution in [-0.4, -0.2) is 17.2 Å². The number of hydrazine groups is 1. The average molecular weight is 128 g/mol. The summed E-state index contributed by atoms with van der Waals surface area (Å²) in [5, 5.41) is 9.37. The summed E-state index contributed by atoms with van der Waals surface area (Å²) in [5.41, 5.74) is 2.90. The van der Waals surface area contributed by atoms with Gasteiger partial charge in [0, 0.05) is 5.54 Å². The molecule has 0 radical (unpaired) electrons. The second kappa shape index (κ2) is 1.95. The van der Waals surface area contributed by atoms with Crippen LogP contribution in [-0.2, 0) is 0 Å². The highest BCUT2D eigenvalue weighted by molar-refractivity contribution is 4.72. The van der Waals surface area contributed by atoms with Crippen LogP contribution in [0.25, 0.3) is 0 Å². The molecule has 1 N–H and O–H groups in total. The van der Waals surface area contributed by atoms with Crippen molar-refractivity contribution in [1.82, 2.24) is 10.5 Å². The minimum atomic E-state index is 0.115. The normalized spacial score (nSPS) is 20.3. The molecule has 4 heteroatoms. The molecule has 0 bridgehead atoms. The summed E-state index contributed by atoms with van der Waals surface area (Å²) in [7, 11) is 0. The zero-order chi connectivity index (χ0) is 6.91. The predicted octanol–water partition coefficient (Wildman–Crippen LogP) is 0.930. The van der Waals surface area contributed by atoms with Crippen molar-refractivity contribution < 1.29 is 0 Å². The number of nitrogens with one attached hydrogen (secondary N) is 1. The first-order chi connectivity index (χ1) is 4.11. The largest absolute Gasteiger partial charge is 0.219 e. The first kappa shape index (κ1) is 6.48. The zero-order valence-electron chi connectivity index (χ0n) is 6.05. The standard InChI is InChI=1S/C5H12N4/c1-5(2,3)9-4-6-7-8-9/h4H2,1-3H3,(H,6,8). The van der Waals surface area contributed by atoms with E-state index in [2.05, 4.69) is 36.6 Å². The highest BCUT2D eigenvalue weighted by atomic mass is 15.8. The molecule has 4 nitrogen and oxygen atoms in total. The molecule has 1 rings (SSSR count). The molecule has 0 spiro atoms. The molecule has 0 aliphatic carbocycles. The van der Waals surface area contributed by atoms with Crippen LogP contribution in [0.1, 0.15) is 20.8 Å². The second-order valence-electron chi connectivity index (χ2n) is 3.08. The van der Waals surface area contributed by atoms with Crippen LogP contribution in [0.3, 0.4) is 0 Å². The summed E-state index contributed by atoms with van der Waals surface area (Å²) >= 11 is 0. The molecule has 1 aliphatic heterocycles. The van der Waals surface area contributed by atoms with E-state index in [0.717, 1.165) is 0 Å². The van der Waals surface area contributed by atoms with Gasteiger partial charge in [0.25, 0.3) is 0 Å². The molecule has 0 aromatic rings. The summed E-state index contributed by atoms with van der Waals surface area (Å²) < 4.78 is 0. The van der Waals surface area contributed by atoms with E-state index < -0.39 is 0 Å². The van der Waals surface area contributed by atoms with E-state index in [1.807, 2.05) is 5.01 Å². The Morgan fingerprint density at radius 1 is 1.44 bits per heavy atom. The monoisotopic (exact) mass is 128 g/mol. The van der Waals surface area contributed by atoms with Crippen molar-refractivity contribution in [3.8, 4) is 0 Å². The number of hydrogen-bond acceptors (Lipinski definition) is 4. The summed E-state index contributed by atoms with van der Waals surface area (Å²) in [6.45, 7) is 6.98. The SMILES string of the molecule is CC(C)(C)N1CN=NN1. The van der Waals surface area contributed by atoms with Gasteiger partial charge in [-0.25, -0.2) is 5.53 Å². The maximum absolute atomic E-state index is 3.77. The molecule has 52 valence electrons. The molecule has 0 amide bonds. The predicted molar refractivity (Wildman–Crippen MR) is 34.5 cm³/mol. The van der Waals surface area contributed by atoms with Gasteiger partial charge in [-0.15, -0.1) is 0 Å². The fraction of sp³-hybridized carbons (Fsp3) is 1.00. The van der Waals surface area contributed by atoms with Crippen LogP contribution in [0.2, 0.25) is 0 Å². The highest BCUT2D eigenvalue weighted by Crippen LogP contribution is 2.12. The van der Waals surface area contributed by atoms with Gasteiger partial charge in [-0.2, -0.15) is 10.1 Å². The Balaban J connectivity index is 2.46. The molecule has 9 heavy (non-hydrogen) atoms. The summed E-state index contributed by atoms with van der Waals surface area (Å²) in [6, 6.07) is 0. The van der Waals surface area contributed by atoms with Crippen molar-refractivity contribution in [3.63, 3.8) is 0 Å². The van der Waals surface area contributed by atoms with Gasteiger partial charge >= 0.3 is 0 Å². The molecule has 1 heterocycles. The van der Waals surface area contributed by atoms with Gasteiger partial charge in [-0.05, 0) is 20.8 Å². The van der Waals surface area contributed by atoms with Crippen LogP contribution in [0, 0.1) is 0 Å². The lowest BCUT2D eigenvalue weighted by Gasteiger charge is -2.28. The molecule has 0 saturated carbocycles. The lowest BCUT2D eigenvalue weighted by Crippen LogP contribution is -2.45. The Bertz CT molecular complexity index is 115. The van der Waals surface area contributed by atoms with Crippen LogP contribution in [0.4, 0.5) is 0 Å². The third-order valence-electron chi connectivity index (χ3n) is 1.25. The molecule has 1 aliphatic rings. The first-order valence-corrected chi connectivity index (χ1v) is 3.00. The van der Waals surface area contributed by atoms with Gasteiger partial charge < -0.3 is 0 Å². The van der Waals surface area contributed by atoms with Crippen molar-refractivity contribution in [2.45, 2.75) is 26.3 Å². The van der Waals surface area contributed by atoms with Crippen LogP contribution in [0.5, 0.6) is 0 Å². The number of rotatable bonds is 0. The van der Waals surface area contributed by atoms with Crippen molar-refractivity contribution in [2.75, 3.05) is 6.67 Å². The van der Waals surface area contributed by atoms with Gasteiger partial charge in [0.1, 0.15) is 6.67 Å². The second-order valence-corrected chi connectivity index (χ2v) is 3.08. The molecule has 0 fully saturated rings. The van der Waals surface area contributed by atoms with E-state index in [1.165, 1.54) is 0 Å². The summed E-state index contributed by atoms with van der Waals surface area (Å²) in [6.07, 6.45) is 0. The van der Waals surface area contributed by atoms with Crippen molar-refractivity contribution >= 4 is 0 Å². The molecule has 0 aromatic carbocycles. The molecule has 0 saturated heterocycles. The van der Waals surface area contributed by atoms with E-state index in [9.17, 15) is 0 Å². The van der Waals surface area contributed by atoms with Crippen LogP contribution >= 0.6 is 0 Å². The van der Waals surface area contributed by atoms with Gasteiger partial charge in [0.2, 0.25) is 0 Å². The minimum Gasteiger partial charge on any atom is -0.219 e. The highest BCUT2D eigenvalue weighted by Gasteiger charge is 2.22. The summed E-state index contributed by atoms with van der Waals surface area (Å²) in [5.74, 6) is 0. The van der Waals surface area contributed by atoms with Crippen molar-refractivity contribution in [1.29, 1.82) is 0 Å². The van der Waals surface area contributed by atoms with Gasteiger partial charge in [-0.3, -0.25) is 0 Å². The fourth-order valence-corrected chi connectivity index (χ4v) is 0.574. The third-order valence-corrected chi connectivity index (χ3v) is 1.25. The Morgan fingerprint density at radius 3 is 2.33 bits per heavy atom. The summed E-state index contributed by atoms with van der Waals surface area (Å²) in [4.78, 5) is 0. The van der Waals surface area contributed by atoms with E-state index >= 15 is 0 Å². The average Bonchev–Trinajstić information content (AvgIpc) is 2.08. The first-order valence-electron chi connectivity index (χ1n) is 3.00.